The van der Waals surface area contributed by atoms with Crippen molar-refractivity contribution in [3.8, 4) is 0 Å². The first-order valence-electron chi connectivity index (χ1n) is 6.88. The minimum Gasteiger partial charge on any atom is -0.377 e. The van der Waals surface area contributed by atoms with Crippen molar-refractivity contribution >= 4 is 15.9 Å². The van der Waals surface area contributed by atoms with Crippen molar-refractivity contribution in [3.63, 3.8) is 0 Å². The summed E-state index contributed by atoms with van der Waals surface area (Å²) < 4.78 is 20.1. The van der Waals surface area contributed by atoms with Gasteiger partial charge in [0, 0.05) is 17.1 Å². The van der Waals surface area contributed by atoms with Crippen molar-refractivity contribution < 1.29 is 9.13 Å². The molecular formula is C15H21BrFNO. The molecule has 0 saturated heterocycles. The highest BCUT2D eigenvalue weighted by atomic mass is 79.9. The summed E-state index contributed by atoms with van der Waals surface area (Å²) in [4.78, 5) is 0. The number of hydrogen-bond acceptors (Lipinski definition) is 2. The van der Waals surface area contributed by atoms with Crippen LogP contribution in [0.15, 0.2) is 22.7 Å². The van der Waals surface area contributed by atoms with Crippen LogP contribution in [-0.2, 0) is 11.2 Å². The third-order valence-corrected chi connectivity index (χ3v) is 4.05. The molecule has 2 atom stereocenters. The third-order valence-electron chi connectivity index (χ3n) is 3.59. The molecule has 1 aromatic carbocycles. The lowest BCUT2D eigenvalue weighted by Crippen LogP contribution is -2.42. The second-order valence-corrected chi connectivity index (χ2v) is 6.05. The average molecular weight is 330 g/mol. The van der Waals surface area contributed by atoms with Gasteiger partial charge in [0.05, 0.1) is 6.10 Å². The molecule has 1 fully saturated rings. The Balaban J connectivity index is 2.08. The minimum atomic E-state index is -0.196. The summed E-state index contributed by atoms with van der Waals surface area (Å²) in [5, 5.41) is 3.33. The van der Waals surface area contributed by atoms with E-state index in [1.165, 1.54) is 18.9 Å². The molecule has 0 bridgehead atoms. The van der Waals surface area contributed by atoms with Gasteiger partial charge in [-0.15, -0.1) is 0 Å². The van der Waals surface area contributed by atoms with E-state index >= 15 is 0 Å². The molecular weight excluding hydrogens is 309 g/mol. The molecule has 2 nitrogen and oxygen atoms in total. The van der Waals surface area contributed by atoms with Crippen molar-refractivity contribution in [2.75, 3.05) is 13.7 Å². The summed E-state index contributed by atoms with van der Waals surface area (Å²) in [5.74, 6) is 0.466. The molecule has 1 aliphatic carbocycles. The van der Waals surface area contributed by atoms with Crippen LogP contribution in [0.3, 0.4) is 0 Å². The van der Waals surface area contributed by atoms with Crippen molar-refractivity contribution in [2.45, 2.75) is 38.3 Å². The fraction of sp³-hybridized carbons (Fsp3) is 0.600. The van der Waals surface area contributed by atoms with Gasteiger partial charge in [-0.05, 0) is 62.9 Å². The maximum atomic E-state index is 13.4. The zero-order valence-corrected chi connectivity index (χ0v) is 13.0. The van der Waals surface area contributed by atoms with E-state index in [0.717, 1.165) is 23.1 Å². The van der Waals surface area contributed by atoms with Gasteiger partial charge < -0.3 is 10.1 Å². The standard InChI is InChI=1S/C15H21BrFNO/c1-3-19-15(11-4-5-11)14(18-2)8-10-6-12(16)9-13(17)7-10/h6-7,9,11,14-15,18H,3-5,8H2,1-2H3. The highest BCUT2D eigenvalue weighted by molar-refractivity contribution is 9.10. The van der Waals surface area contributed by atoms with Crippen LogP contribution in [0.2, 0.25) is 0 Å². The molecule has 1 aromatic rings. The van der Waals surface area contributed by atoms with E-state index in [9.17, 15) is 4.39 Å². The average Bonchev–Trinajstić information content (AvgIpc) is 3.16. The van der Waals surface area contributed by atoms with Crippen molar-refractivity contribution in [1.29, 1.82) is 0 Å². The normalized spacial score (nSPS) is 18.3. The molecule has 0 aromatic heterocycles. The fourth-order valence-corrected chi connectivity index (χ4v) is 3.08. The number of nitrogens with one attached hydrogen (secondary N) is 1. The van der Waals surface area contributed by atoms with Gasteiger partial charge in [-0.25, -0.2) is 4.39 Å². The van der Waals surface area contributed by atoms with Gasteiger partial charge in [0.15, 0.2) is 0 Å². The van der Waals surface area contributed by atoms with Crippen LogP contribution in [0, 0.1) is 11.7 Å². The minimum absolute atomic E-state index is 0.196. The van der Waals surface area contributed by atoms with Gasteiger partial charge >= 0.3 is 0 Å². The van der Waals surface area contributed by atoms with E-state index in [4.69, 9.17) is 4.74 Å². The molecule has 19 heavy (non-hydrogen) atoms. The zero-order chi connectivity index (χ0) is 13.8. The van der Waals surface area contributed by atoms with Gasteiger partial charge in [-0.1, -0.05) is 15.9 Å². The highest BCUT2D eigenvalue weighted by Crippen LogP contribution is 2.36. The number of benzene rings is 1. The van der Waals surface area contributed by atoms with Crippen LogP contribution in [0.5, 0.6) is 0 Å². The van der Waals surface area contributed by atoms with Crippen LogP contribution in [-0.4, -0.2) is 25.8 Å². The van der Waals surface area contributed by atoms with Crippen LogP contribution < -0.4 is 5.32 Å². The van der Waals surface area contributed by atoms with E-state index in [1.54, 1.807) is 6.07 Å². The maximum absolute atomic E-state index is 13.4. The summed E-state index contributed by atoms with van der Waals surface area (Å²) in [6.45, 7) is 2.76. The second-order valence-electron chi connectivity index (χ2n) is 5.13. The number of rotatable bonds is 7. The maximum Gasteiger partial charge on any atom is 0.124 e. The van der Waals surface area contributed by atoms with E-state index in [2.05, 4.69) is 21.2 Å². The summed E-state index contributed by atoms with van der Waals surface area (Å²) in [5.41, 5.74) is 0.997. The first-order chi connectivity index (χ1) is 9.13. The van der Waals surface area contributed by atoms with Gasteiger partial charge in [-0.3, -0.25) is 0 Å². The predicted octanol–water partition coefficient (Wildman–Crippen LogP) is 3.53. The monoisotopic (exact) mass is 329 g/mol. The van der Waals surface area contributed by atoms with E-state index in [-0.39, 0.29) is 18.0 Å². The van der Waals surface area contributed by atoms with Crippen LogP contribution in [0.25, 0.3) is 0 Å². The van der Waals surface area contributed by atoms with Crippen LogP contribution in [0.1, 0.15) is 25.3 Å². The number of halogens is 2. The Bertz CT molecular complexity index is 402. The lowest BCUT2D eigenvalue weighted by Gasteiger charge is -2.27. The van der Waals surface area contributed by atoms with Gasteiger partial charge in [0.1, 0.15) is 5.82 Å². The molecule has 0 spiro atoms. The molecule has 0 heterocycles. The Labute approximate surface area is 122 Å². The quantitative estimate of drug-likeness (QED) is 0.826. The van der Waals surface area contributed by atoms with Crippen molar-refractivity contribution in [1.82, 2.24) is 5.32 Å². The van der Waals surface area contributed by atoms with Crippen molar-refractivity contribution in [3.05, 3.63) is 34.1 Å². The molecule has 0 radical (unpaired) electrons. The number of likely N-dealkylation sites (N-methyl/N-ethyl adjacent to an activating group) is 1. The predicted molar refractivity (Wildman–Crippen MR) is 78.8 cm³/mol. The van der Waals surface area contributed by atoms with Gasteiger partial charge in [-0.2, -0.15) is 0 Å². The summed E-state index contributed by atoms with van der Waals surface area (Å²) >= 11 is 3.34. The lowest BCUT2D eigenvalue weighted by molar-refractivity contribution is 0.0211. The SMILES string of the molecule is CCOC(C1CC1)C(Cc1cc(F)cc(Br)c1)NC. The highest BCUT2D eigenvalue weighted by Gasteiger charge is 2.36. The second kappa shape index (κ2) is 6.82. The van der Waals surface area contributed by atoms with E-state index < -0.39 is 0 Å². The van der Waals surface area contributed by atoms with Gasteiger partial charge in [0.25, 0.3) is 0 Å². The lowest BCUT2D eigenvalue weighted by atomic mass is 9.98. The fourth-order valence-electron chi connectivity index (χ4n) is 2.56. The molecule has 4 heteroatoms. The molecule has 0 amide bonds. The summed E-state index contributed by atoms with van der Waals surface area (Å²) in [7, 11) is 1.95. The summed E-state index contributed by atoms with van der Waals surface area (Å²) in [6.07, 6.45) is 3.51. The largest absolute Gasteiger partial charge is 0.377 e. The van der Waals surface area contributed by atoms with E-state index in [0.29, 0.717) is 5.92 Å². The molecule has 1 aliphatic rings. The van der Waals surface area contributed by atoms with E-state index in [1.807, 2.05) is 20.0 Å². The molecule has 0 aliphatic heterocycles. The third kappa shape index (κ3) is 4.26. The molecule has 2 rings (SSSR count). The molecule has 106 valence electrons. The Hall–Kier alpha value is -0.450. The first kappa shape index (κ1) is 14.9. The summed E-state index contributed by atoms with van der Waals surface area (Å²) in [6, 6.07) is 5.30. The smallest absolute Gasteiger partial charge is 0.124 e. The first-order valence-corrected chi connectivity index (χ1v) is 7.67. The number of ether oxygens (including phenoxy) is 1. The molecule has 1 saturated carbocycles. The Morgan fingerprint density at radius 1 is 1.42 bits per heavy atom. The van der Waals surface area contributed by atoms with Crippen LogP contribution >= 0.6 is 15.9 Å². The Morgan fingerprint density at radius 3 is 2.68 bits per heavy atom. The topological polar surface area (TPSA) is 21.3 Å². The Morgan fingerprint density at radius 2 is 2.16 bits per heavy atom. The zero-order valence-electron chi connectivity index (χ0n) is 11.5. The Kier molecular flexibility index (Phi) is 5.37. The number of hydrogen-bond donors (Lipinski definition) is 1. The van der Waals surface area contributed by atoms with Crippen molar-refractivity contribution in [2.24, 2.45) is 5.92 Å². The van der Waals surface area contributed by atoms with Crippen LogP contribution in [0.4, 0.5) is 4.39 Å². The van der Waals surface area contributed by atoms with Gasteiger partial charge in [0.2, 0.25) is 0 Å². The molecule has 1 N–H and O–H groups in total. The molecule has 2 unspecified atom stereocenters.